The number of amides is 2. The molecule has 3 rings (SSSR count). The second-order valence-electron chi connectivity index (χ2n) is 4.72. The molecule has 1 atom stereocenters. The van der Waals surface area contributed by atoms with E-state index in [9.17, 15) is 9.59 Å². The lowest BCUT2D eigenvalue weighted by molar-refractivity contribution is -0.128. The fraction of sp³-hybridized carbons (Fsp3) is 0.200. The van der Waals surface area contributed by atoms with Gasteiger partial charge in [-0.25, -0.2) is 0 Å². The molecule has 1 N–H and O–H groups in total. The van der Waals surface area contributed by atoms with Crippen molar-refractivity contribution in [2.24, 2.45) is 0 Å². The average molecular weight is 305 g/mol. The number of nitrogens with zero attached hydrogens (tertiary/aromatic N) is 1. The average Bonchev–Trinajstić information content (AvgIpc) is 3.02. The van der Waals surface area contributed by atoms with E-state index in [0.717, 1.165) is 5.56 Å². The first kappa shape index (κ1) is 13.7. The second-order valence-corrected chi connectivity index (χ2v) is 5.16. The highest BCUT2D eigenvalue weighted by Gasteiger charge is 2.35. The summed E-state index contributed by atoms with van der Waals surface area (Å²) in [6.07, 6.45) is 1.44. The van der Waals surface area contributed by atoms with Crippen LogP contribution in [-0.2, 0) is 4.79 Å². The lowest BCUT2D eigenvalue weighted by atomic mass is 10.0. The fourth-order valence-electron chi connectivity index (χ4n) is 2.40. The van der Waals surface area contributed by atoms with Crippen molar-refractivity contribution in [1.82, 2.24) is 10.2 Å². The summed E-state index contributed by atoms with van der Waals surface area (Å²) in [5.74, 6) is -0.276. The van der Waals surface area contributed by atoms with E-state index in [1.54, 1.807) is 36.4 Å². The monoisotopic (exact) mass is 304 g/mol. The maximum Gasteiger partial charge on any atom is 0.290 e. The van der Waals surface area contributed by atoms with Crippen molar-refractivity contribution in [2.75, 3.05) is 13.1 Å². The highest BCUT2D eigenvalue weighted by atomic mass is 35.5. The van der Waals surface area contributed by atoms with Gasteiger partial charge in [0, 0.05) is 18.1 Å². The SMILES string of the molecule is O=C1NCCN(C(=O)c2ccco2)C1c1ccc(Cl)cc1. The molecule has 6 heteroatoms. The number of halogens is 1. The Bertz CT molecular complexity index is 652. The van der Waals surface area contributed by atoms with E-state index in [1.807, 2.05) is 0 Å². The predicted octanol–water partition coefficient (Wildman–Crippen LogP) is 2.25. The number of carbonyl (C=O) groups excluding carboxylic acids is 2. The van der Waals surface area contributed by atoms with E-state index in [2.05, 4.69) is 5.32 Å². The van der Waals surface area contributed by atoms with Crippen LogP contribution in [0.15, 0.2) is 47.1 Å². The number of rotatable bonds is 2. The Hall–Kier alpha value is -2.27. The molecule has 0 aliphatic carbocycles. The maximum atomic E-state index is 12.5. The Morgan fingerprint density at radius 2 is 2.05 bits per heavy atom. The molecule has 0 saturated carbocycles. The summed E-state index contributed by atoms with van der Waals surface area (Å²) in [6.45, 7) is 0.855. The van der Waals surface area contributed by atoms with Gasteiger partial charge in [-0.05, 0) is 29.8 Å². The summed E-state index contributed by atoms with van der Waals surface area (Å²) >= 11 is 5.87. The highest BCUT2D eigenvalue weighted by Crippen LogP contribution is 2.26. The molecule has 21 heavy (non-hydrogen) atoms. The van der Waals surface area contributed by atoms with Gasteiger partial charge in [0.1, 0.15) is 6.04 Å². The van der Waals surface area contributed by atoms with Crippen molar-refractivity contribution in [1.29, 1.82) is 0 Å². The van der Waals surface area contributed by atoms with Crippen LogP contribution in [0.5, 0.6) is 0 Å². The molecule has 2 heterocycles. The second kappa shape index (κ2) is 5.61. The van der Waals surface area contributed by atoms with Crippen LogP contribution < -0.4 is 5.32 Å². The molecule has 1 aromatic heterocycles. The maximum absolute atomic E-state index is 12.5. The molecule has 1 aliphatic rings. The standard InChI is InChI=1S/C15H13ClN2O3/c16-11-5-3-10(4-6-11)13-14(19)17-7-8-18(13)15(20)12-2-1-9-21-12/h1-6,9,13H,7-8H2,(H,17,19). The van der Waals surface area contributed by atoms with Gasteiger partial charge in [-0.3, -0.25) is 9.59 Å². The molecule has 0 radical (unpaired) electrons. The fourth-order valence-corrected chi connectivity index (χ4v) is 2.53. The molecule has 1 saturated heterocycles. The number of carbonyl (C=O) groups is 2. The molecular formula is C15H13ClN2O3. The van der Waals surface area contributed by atoms with Crippen LogP contribution in [0.2, 0.25) is 5.02 Å². The minimum atomic E-state index is -0.673. The first-order chi connectivity index (χ1) is 10.2. The third kappa shape index (κ3) is 2.64. The van der Waals surface area contributed by atoms with Crippen LogP contribution in [0, 0.1) is 0 Å². The lowest BCUT2D eigenvalue weighted by Gasteiger charge is -2.34. The number of piperazine rings is 1. The molecule has 2 amide bonds. The summed E-state index contributed by atoms with van der Waals surface area (Å²) in [6, 6.07) is 9.47. The van der Waals surface area contributed by atoms with E-state index in [0.29, 0.717) is 18.1 Å². The Balaban J connectivity index is 1.95. The largest absolute Gasteiger partial charge is 0.459 e. The van der Waals surface area contributed by atoms with Gasteiger partial charge in [0.05, 0.1) is 6.26 Å². The summed E-state index contributed by atoms with van der Waals surface area (Å²) in [5.41, 5.74) is 0.719. The molecule has 5 nitrogen and oxygen atoms in total. The van der Waals surface area contributed by atoms with Gasteiger partial charge in [-0.15, -0.1) is 0 Å². The first-order valence-corrected chi connectivity index (χ1v) is 6.92. The first-order valence-electron chi connectivity index (χ1n) is 6.54. The molecule has 1 aromatic carbocycles. The molecule has 1 unspecified atom stereocenters. The van der Waals surface area contributed by atoms with E-state index in [-0.39, 0.29) is 17.6 Å². The molecule has 1 fully saturated rings. The third-order valence-corrected chi connectivity index (χ3v) is 3.64. The minimum absolute atomic E-state index is 0.205. The minimum Gasteiger partial charge on any atom is -0.459 e. The summed E-state index contributed by atoms with van der Waals surface area (Å²) in [5, 5.41) is 3.36. The Morgan fingerprint density at radius 1 is 1.29 bits per heavy atom. The number of hydrogen-bond acceptors (Lipinski definition) is 3. The van der Waals surface area contributed by atoms with Crippen LogP contribution in [0.25, 0.3) is 0 Å². The summed E-state index contributed by atoms with van der Waals surface area (Å²) in [7, 11) is 0. The van der Waals surface area contributed by atoms with Crippen molar-refractivity contribution < 1.29 is 14.0 Å². The van der Waals surface area contributed by atoms with Crippen LogP contribution in [-0.4, -0.2) is 29.8 Å². The molecule has 108 valence electrons. The number of benzene rings is 1. The normalized spacial score (nSPS) is 18.4. The van der Waals surface area contributed by atoms with Gasteiger partial charge in [0.25, 0.3) is 5.91 Å². The smallest absolute Gasteiger partial charge is 0.290 e. The molecule has 0 spiro atoms. The van der Waals surface area contributed by atoms with Gasteiger partial charge < -0.3 is 14.6 Å². The van der Waals surface area contributed by atoms with Crippen molar-refractivity contribution in [3.05, 3.63) is 59.0 Å². The Kier molecular flexibility index (Phi) is 3.66. The van der Waals surface area contributed by atoms with E-state index >= 15 is 0 Å². The van der Waals surface area contributed by atoms with E-state index in [4.69, 9.17) is 16.0 Å². The summed E-state index contributed by atoms with van der Waals surface area (Å²) in [4.78, 5) is 26.2. The molecular weight excluding hydrogens is 292 g/mol. The van der Waals surface area contributed by atoms with E-state index in [1.165, 1.54) is 11.2 Å². The van der Waals surface area contributed by atoms with E-state index < -0.39 is 6.04 Å². The van der Waals surface area contributed by atoms with Crippen LogP contribution >= 0.6 is 11.6 Å². The third-order valence-electron chi connectivity index (χ3n) is 3.39. The number of hydrogen-bond donors (Lipinski definition) is 1. The highest BCUT2D eigenvalue weighted by molar-refractivity contribution is 6.30. The summed E-state index contributed by atoms with van der Waals surface area (Å²) < 4.78 is 5.14. The zero-order chi connectivity index (χ0) is 14.8. The van der Waals surface area contributed by atoms with Crippen LogP contribution in [0.3, 0.4) is 0 Å². The lowest BCUT2D eigenvalue weighted by Crippen LogP contribution is -2.52. The predicted molar refractivity (Wildman–Crippen MR) is 76.9 cm³/mol. The van der Waals surface area contributed by atoms with Crippen LogP contribution in [0.1, 0.15) is 22.2 Å². The van der Waals surface area contributed by atoms with Gasteiger partial charge >= 0.3 is 0 Å². The van der Waals surface area contributed by atoms with Gasteiger partial charge in [-0.2, -0.15) is 0 Å². The quantitative estimate of drug-likeness (QED) is 0.925. The molecule has 0 bridgehead atoms. The van der Waals surface area contributed by atoms with Crippen molar-refractivity contribution >= 4 is 23.4 Å². The Morgan fingerprint density at radius 3 is 2.71 bits per heavy atom. The van der Waals surface area contributed by atoms with Crippen molar-refractivity contribution in [2.45, 2.75) is 6.04 Å². The topological polar surface area (TPSA) is 62.6 Å². The Labute approximate surface area is 126 Å². The van der Waals surface area contributed by atoms with Gasteiger partial charge in [-0.1, -0.05) is 23.7 Å². The molecule has 1 aliphatic heterocycles. The molecule has 2 aromatic rings. The van der Waals surface area contributed by atoms with Crippen molar-refractivity contribution in [3.8, 4) is 0 Å². The number of nitrogens with one attached hydrogen (secondary N) is 1. The zero-order valence-corrected chi connectivity index (χ0v) is 11.8. The zero-order valence-electron chi connectivity index (χ0n) is 11.1. The van der Waals surface area contributed by atoms with Crippen molar-refractivity contribution in [3.63, 3.8) is 0 Å². The van der Waals surface area contributed by atoms with Crippen LogP contribution in [0.4, 0.5) is 0 Å². The number of furan rings is 1. The van der Waals surface area contributed by atoms with Gasteiger partial charge in [0.2, 0.25) is 5.91 Å². The van der Waals surface area contributed by atoms with Gasteiger partial charge in [0.15, 0.2) is 5.76 Å².